The molecule has 1 amide bonds. The molecule has 5 heteroatoms. The number of hydrogen-bond donors (Lipinski definition) is 1. The van der Waals surface area contributed by atoms with Crippen LogP contribution in [0.2, 0.25) is 0 Å². The molecule has 2 fully saturated rings. The van der Waals surface area contributed by atoms with Crippen LogP contribution in [-0.2, 0) is 11.2 Å². The molecule has 4 unspecified atom stereocenters. The number of halogens is 1. The number of fused-ring (bicyclic) bond motifs is 5. The predicted octanol–water partition coefficient (Wildman–Crippen LogP) is 4.44. The number of carbonyl (C=O) groups excluding carboxylic acids is 2. The Balaban J connectivity index is 1.52. The van der Waals surface area contributed by atoms with Crippen molar-refractivity contribution in [3.05, 3.63) is 29.3 Å². The fourth-order valence-electron chi connectivity index (χ4n) is 5.69. The number of nitrogens with one attached hydrogen (secondary N) is 1. The normalized spacial score (nSPS) is 32.4. The lowest BCUT2D eigenvalue weighted by molar-refractivity contribution is -0.129. The molecule has 3 aliphatic carbocycles. The molecule has 4 atom stereocenters. The highest BCUT2D eigenvalue weighted by Crippen LogP contribution is 2.59. The number of ketones is 1. The van der Waals surface area contributed by atoms with Gasteiger partial charge in [-0.1, -0.05) is 13.0 Å². The Morgan fingerprint density at radius 1 is 1.31 bits per heavy atom. The van der Waals surface area contributed by atoms with E-state index in [1.54, 1.807) is 0 Å². The minimum absolute atomic E-state index is 0.0811. The molecule has 1 aromatic rings. The Morgan fingerprint density at radius 3 is 2.96 bits per heavy atom. The van der Waals surface area contributed by atoms with Crippen molar-refractivity contribution in [2.75, 3.05) is 12.4 Å². The molecule has 0 aliphatic heterocycles. The number of alkyl halides is 1. The number of rotatable bonds is 3. The van der Waals surface area contributed by atoms with Gasteiger partial charge in [-0.05, 0) is 73.1 Å². The van der Waals surface area contributed by atoms with Gasteiger partial charge in [0.25, 0.3) is 0 Å². The van der Waals surface area contributed by atoms with Gasteiger partial charge in [-0.2, -0.15) is 0 Å². The van der Waals surface area contributed by atoms with Crippen molar-refractivity contribution in [1.29, 1.82) is 0 Å². The maximum atomic E-state index is 12.4. The van der Waals surface area contributed by atoms with Gasteiger partial charge in [0.05, 0.1) is 0 Å². The van der Waals surface area contributed by atoms with Gasteiger partial charge < -0.3 is 10.1 Å². The SMILES string of the molecule is CC12CCC3c4ccc(OC(=O)NCCCl)cc4CCC3C1CCC2=O. The molecule has 0 heterocycles. The maximum absolute atomic E-state index is 12.4. The topological polar surface area (TPSA) is 55.4 Å². The summed E-state index contributed by atoms with van der Waals surface area (Å²) >= 11 is 5.57. The van der Waals surface area contributed by atoms with Crippen LogP contribution in [0, 0.1) is 17.3 Å². The van der Waals surface area contributed by atoms with Crippen LogP contribution in [-0.4, -0.2) is 24.3 Å². The van der Waals surface area contributed by atoms with E-state index in [2.05, 4.69) is 18.3 Å². The summed E-state index contributed by atoms with van der Waals surface area (Å²) in [5.41, 5.74) is 2.61. The van der Waals surface area contributed by atoms with Crippen molar-refractivity contribution < 1.29 is 14.3 Å². The van der Waals surface area contributed by atoms with Crippen molar-refractivity contribution in [3.8, 4) is 5.75 Å². The highest BCUT2D eigenvalue weighted by Gasteiger charge is 2.54. The third-order valence-corrected chi connectivity index (χ3v) is 7.17. The number of carbonyl (C=O) groups is 2. The molecule has 0 saturated heterocycles. The molecule has 0 aromatic heterocycles. The number of Topliss-reactive ketones (excluding diaryl/α,β-unsaturated/α-hetero) is 1. The molecule has 0 radical (unpaired) electrons. The van der Waals surface area contributed by atoms with E-state index in [9.17, 15) is 9.59 Å². The van der Waals surface area contributed by atoms with Gasteiger partial charge in [-0.3, -0.25) is 4.79 Å². The van der Waals surface area contributed by atoms with Gasteiger partial charge in [-0.25, -0.2) is 4.79 Å². The molecular weight excluding hydrogens is 350 g/mol. The summed E-state index contributed by atoms with van der Waals surface area (Å²) in [5.74, 6) is 3.14. The second-order valence-corrected chi connectivity index (χ2v) is 8.58. The Hall–Kier alpha value is -1.55. The minimum Gasteiger partial charge on any atom is -0.410 e. The highest BCUT2D eigenvalue weighted by atomic mass is 35.5. The number of hydrogen-bond acceptors (Lipinski definition) is 3. The van der Waals surface area contributed by atoms with Crippen LogP contribution >= 0.6 is 11.6 Å². The summed E-state index contributed by atoms with van der Waals surface area (Å²) < 4.78 is 5.36. The largest absolute Gasteiger partial charge is 0.412 e. The maximum Gasteiger partial charge on any atom is 0.412 e. The minimum atomic E-state index is -0.461. The van der Waals surface area contributed by atoms with Gasteiger partial charge in [0.2, 0.25) is 0 Å². The van der Waals surface area contributed by atoms with Crippen LogP contribution in [0.1, 0.15) is 56.1 Å². The monoisotopic (exact) mass is 375 g/mol. The zero-order chi connectivity index (χ0) is 18.3. The first kappa shape index (κ1) is 17.8. The Kier molecular flexibility index (Phi) is 4.72. The van der Waals surface area contributed by atoms with Crippen molar-refractivity contribution in [2.24, 2.45) is 17.3 Å². The van der Waals surface area contributed by atoms with E-state index in [0.717, 1.165) is 38.5 Å². The number of ether oxygens (including phenoxy) is 1. The van der Waals surface area contributed by atoms with Crippen molar-refractivity contribution in [1.82, 2.24) is 5.32 Å². The summed E-state index contributed by atoms with van der Waals surface area (Å²) in [6, 6.07) is 6.05. The molecule has 4 rings (SSSR count). The standard InChI is InChI=1S/C21H26ClNO3/c1-21-9-8-16-15-5-3-14(26-20(25)23-11-10-22)12-13(15)2-4-17(16)18(21)6-7-19(21)24/h3,5,12,16-18H,2,4,6-11H2,1H3,(H,23,25). The van der Waals surface area contributed by atoms with Gasteiger partial charge in [-0.15, -0.1) is 11.6 Å². The van der Waals surface area contributed by atoms with Crippen molar-refractivity contribution >= 4 is 23.5 Å². The lowest BCUT2D eigenvalue weighted by Gasteiger charge is -2.48. The van der Waals surface area contributed by atoms with Crippen LogP contribution in [0.15, 0.2) is 18.2 Å². The first-order valence-corrected chi connectivity index (χ1v) is 10.2. The van der Waals surface area contributed by atoms with Gasteiger partial charge in [0, 0.05) is 24.3 Å². The van der Waals surface area contributed by atoms with Crippen LogP contribution in [0.5, 0.6) is 5.75 Å². The van der Waals surface area contributed by atoms with E-state index in [-0.39, 0.29) is 5.41 Å². The zero-order valence-electron chi connectivity index (χ0n) is 15.2. The van der Waals surface area contributed by atoms with Crippen LogP contribution in [0.4, 0.5) is 4.79 Å². The Morgan fingerprint density at radius 2 is 2.15 bits per heavy atom. The fraction of sp³-hybridized carbons (Fsp3) is 0.619. The number of amides is 1. The second-order valence-electron chi connectivity index (χ2n) is 8.20. The molecule has 1 N–H and O–H groups in total. The first-order chi connectivity index (χ1) is 12.5. The van der Waals surface area contributed by atoms with Crippen LogP contribution in [0.3, 0.4) is 0 Å². The molecule has 140 valence electrons. The molecule has 4 nitrogen and oxygen atoms in total. The molecule has 2 saturated carbocycles. The van der Waals surface area contributed by atoms with Gasteiger partial charge >= 0.3 is 6.09 Å². The number of benzene rings is 1. The van der Waals surface area contributed by atoms with E-state index >= 15 is 0 Å². The van der Waals surface area contributed by atoms with E-state index in [0.29, 0.717) is 41.7 Å². The average molecular weight is 376 g/mol. The quantitative estimate of drug-likeness (QED) is 0.794. The van der Waals surface area contributed by atoms with E-state index in [1.807, 2.05) is 12.1 Å². The Labute approximate surface area is 159 Å². The molecule has 26 heavy (non-hydrogen) atoms. The summed E-state index contributed by atoms with van der Waals surface area (Å²) in [7, 11) is 0. The molecule has 3 aliphatic rings. The Bertz CT molecular complexity index is 734. The van der Waals surface area contributed by atoms with Crippen LogP contribution < -0.4 is 10.1 Å². The van der Waals surface area contributed by atoms with Crippen LogP contribution in [0.25, 0.3) is 0 Å². The van der Waals surface area contributed by atoms with E-state index in [4.69, 9.17) is 16.3 Å². The van der Waals surface area contributed by atoms with Gasteiger partial charge in [0.1, 0.15) is 11.5 Å². The summed E-state index contributed by atoms with van der Waals surface area (Å²) in [5, 5.41) is 2.61. The fourth-order valence-corrected chi connectivity index (χ4v) is 5.78. The van der Waals surface area contributed by atoms with Crippen molar-refractivity contribution in [3.63, 3.8) is 0 Å². The number of aryl methyl sites for hydroxylation is 1. The second kappa shape index (κ2) is 6.88. The lowest BCUT2D eigenvalue weighted by atomic mass is 9.55. The lowest BCUT2D eigenvalue weighted by Crippen LogP contribution is -2.42. The first-order valence-electron chi connectivity index (χ1n) is 9.70. The van der Waals surface area contributed by atoms with E-state index < -0.39 is 6.09 Å². The summed E-state index contributed by atoms with van der Waals surface area (Å²) in [6.45, 7) is 2.60. The molecule has 0 spiro atoms. The molecule has 1 aromatic carbocycles. The third kappa shape index (κ3) is 2.92. The zero-order valence-corrected chi connectivity index (χ0v) is 16.0. The van der Waals surface area contributed by atoms with Gasteiger partial charge in [0.15, 0.2) is 0 Å². The third-order valence-electron chi connectivity index (χ3n) is 6.98. The highest BCUT2D eigenvalue weighted by molar-refractivity contribution is 6.18. The molecular formula is C21H26ClNO3. The smallest absolute Gasteiger partial charge is 0.410 e. The van der Waals surface area contributed by atoms with Crippen molar-refractivity contribution in [2.45, 2.75) is 51.4 Å². The average Bonchev–Trinajstić information content (AvgIpc) is 2.94. The predicted molar refractivity (Wildman–Crippen MR) is 101 cm³/mol. The summed E-state index contributed by atoms with van der Waals surface area (Å²) in [6.07, 6.45) is 5.60. The summed E-state index contributed by atoms with van der Waals surface area (Å²) in [4.78, 5) is 24.1. The molecule has 0 bridgehead atoms. The van der Waals surface area contributed by atoms with E-state index in [1.165, 1.54) is 11.1 Å².